The van der Waals surface area contributed by atoms with Crippen LogP contribution in [0.3, 0.4) is 0 Å². The molecule has 1 aliphatic heterocycles. The van der Waals surface area contributed by atoms with E-state index in [0.717, 1.165) is 12.1 Å². The molecule has 7 nitrogen and oxygen atoms in total. The molecule has 4 rings (SSSR count). The molecule has 0 atom stereocenters. The number of carboxylic acid groups (broad SMARTS) is 1. The second-order valence-electron chi connectivity index (χ2n) is 6.89. The Balaban J connectivity index is 1.59. The van der Waals surface area contributed by atoms with Gasteiger partial charge in [0, 0.05) is 11.9 Å². The van der Waals surface area contributed by atoms with Crippen molar-refractivity contribution in [1.29, 1.82) is 0 Å². The molecule has 0 fully saturated rings. The van der Waals surface area contributed by atoms with E-state index in [-0.39, 0.29) is 23.4 Å². The minimum absolute atomic E-state index is 0.0481. The first kappa shape index (κ1) is 21.2. The number of nitrogens with one attached hydrogen (secondary N) is 1. The van der Waals surface area contributed by atoms with Gasteiger partial charge in [0.15, 0.2) is 5.75 Å². The maximum absolute atomic E-state index is 12.8. The number of alkyl halides is 3. The van der Waals surface area contributed by atoms with Crippen LogP contribution < -0.4 is 15.0 Å². The number of amides is 1. The number of nitrogens with zero attached hydrogens (tertiary/aromatic N) is 2. The Labute approximate surface area is 180 Å². The molecule has 1 aromatic heterocycles. The van der Waals surface area contributed by atoms with E-state index in [1.807, 2.05) is 0 Å². The smallest absolute Gasteiger partial charge is 0.416 e. The van der Waals surface area contributed by atoms with Crippen LogP contribution in [0.4, 0.5) is 30.4 Å². The maximum Gasteiger partial charge on any atom is 0.416 e. The van der Waals surface area contributed by atoms with E-state index in [1.165, 1.54) is 24.4 Å². The average Bonchev–Trinajstić information content (AvgIpc) is 2.78. The van der Waals surface area contributed by atoms with Crippen LogP contribution in [0.25, 0.3) is 0 Å². The number of halogens is 3. The number of aromatic nitrogens is 1. The summed E-state index contributed by atoms with van der Waals surface area (Å²) < 4.78 is 43.9. The molecule has 3 aromatic rings. The van der Waals surface area contributed by atoms with Crippen molar-refractivity contribution in [3.63, 3.8) is 0 Å². The molecule has 0 aliphatic carbocycles. The van der Waals surface area contributed by atoms with E-state index in [1.54, 1.807) is 29.2 Å². The quantitative estimate of drug-likeness (QED) is 0.613. The monoisotopic (exact) mass is 443 g/mol. The van der Waals surface area contributed by atoms with Crippen LogP contribution in [-0.4, -0.2) is 35.1 Å². The minimum atomic E-state index is -4.46. The largest absolute Gasteiger partial charge is 0.489 e. The van der Waals surface area contributed by atoms with E-state index in [0.29, 0.717) is 23.8 Å². The first-order valence-electron chi connectivity index (χ1n) is 9.45. The fourth-order valence-corrected chi connectivity index (χ4v) is 3.28. The molecule has 1 aliphatic rings. The van der Waals surface area contributed by atoms with E-state index >= 15 is 0 Å². The summed E-state index contributed by atoms with van der Waals surface area (Å²) in [7, 11) is 0. The molecule has 0 saturated carbocycles. The number of fused-ring (bicyclic) bond motifs is 1. The number of ether oxygens (including phenoxy) is 1. The predicted octanol–water partition coefficient (Wildman–Crippen LogP) is 4.58. The molecule has 1 amide bonds. The lowest BCUT2D eigenvalue weighted by Gasteiger charge is -2.31. The summed E-state index contributed by atoms with van der Waals surface area (Å²) in [5, 5.41) is 11.6. The Hall–Kier alpha value is -4.08. The van der Waals surface area contributed by atoms with Crippen LogP contribution in [0.1, 0.15) is 26.3 Å². The number of aromatic carboxylic acids is 1. The van der Waals surface area contributed by atoms with Gasteiger partial charge in [0.1, 0.15) is 12.4 Å². The third kappa shape index (κ3) is 4.20. The van der Waals surface area contributed by atoms with Gasteiger partial charge >= 0.3 is 12.1 Å². The number of carbonyl (C=O) groups excluding carboxylic acids is 1. The highest BCUT2D eigenvalue weighted by Gasteiger charge is 2.30. The summed E-state index contributed by atoms with van der Waals surface area (Å²) in [4.78, 5) is 29.8. The summed E-state index contributed by atoms with van der Waals surface area (Å²) in [6.45, 7) is 0.677. The summed E-state index contributed by atoms with van der Waals surface area (Å²) in [6, 6.07) is 12.1. The van der Waals surface area contributed by atoms with Gasteiger partial charge in [-0.1, -0.05) is 6.07 Å². The van der Waals surface area contributed by atoms with Crippen molar-refractivity contribution in [3.05, 3.63) is 77.5 Å². The van der Waals surface area contributed by atoms with Gasteiger partial charge in [-0.15, -0.1) is 0 Å². The molecule has 0 spiro atoms. The van der Waals surface area contributed by atoms with Gasteiger partial charge < -0.3 is 20.1 Å². The van der Waals surface area contributed by atoms with Crippen molar-refractivity contribution in [2.75, 3.05) is 23.4 Å². The Kier molecular flexibility index (Phi) is 5.43. The topological polar surface area (TPSA) is 91.8 Å². The first-order chi connectivity index (χ1) is 15.2. The predicted molar refractivity (Wildman–Crippen MR) is 110 cm³/mol. The standard InChI is InChI=1S/C22H16F3N3O4/c23-22(24,25)14-5-7-15(8-6-14)27-20(29)16-2-1-3-17-19(16)32-11-10-28(17)18-9-4-13(12-26-18)21(30)31/h1-9,12H,10-11H2,(H,27,29)(H,30,31). The molecular formula is C22H16F3N3O4. The van der Waals surface area contributed by atoms with Gasteiger partial charge in [0.05, 0.1) is 28.9 Å². The SMILES string of the molecule is O=C(O)c1ccc(N2CCOc3c(C(=O)Nc4ccc(C(F)(F)F)cc4)cccc32)nc1. The number of pyridine rings is 1. The second kappa shape index (κ2) is 8.22. The van der Waals surface area contributed by atoms with Crippen molar-refractivity contribution in [1.82, 2.24) is 4.98 Å². The highest BCUT2D eigenvalue weighted by atomic mass is 19.4. The first-order valence-corrected chi connectivity index (χ1v) is 9.45. The van der Waals surface area contributed by atoms with Crippen molar-refractivity contribution in [2.24, 2.45) is 0 Å². The number of carboxylic acids is 1. The zero-order valence-corrected chi connectivity index (χ0v) is 16.4. The molecule has 2 N–H and O–H groups in total. The fourth-order valence-electron chi connectivity index (χ4n) is 3.28. The Morgan fingerprint density at radius 3 is 2.44 bits per heavy atom. The van der Waals surface area contributed by atoms with Gasteiger partial charge in [-0.25, -0.2) is 9.78 Å². The molecule has 0 bridgehead atoms. The maximum atomic E-state index is 12.8. The second-order valence-corrected chi connectivity index (χ2v) is 6.89. The van der Waals surface area contributed by atoms with E-state index in [9.17, 15) is 22.8 Å². The normalized spacial score (nSPS) is 13.2. The van der Waals surface area contributed by atoms with Crippen molar-refractivity contribution >= 4 is 29.1 Å². The molecule has 32 heavy (non-hydrogen) atoms. The molecule has 0 unspecified atom stereocenters. The minimum Gasteiger partial charge on any atom is -0.489 e. The lowest BCUT2D eigenvalue weighted by Crippen LogP contribution is -2.30. The summed E-state index contributed by atoms with van der Waals surface area (Å²) in [5.41, 5.74) is 0.209. The Bertz CT molecular complexity index is 1160. The van der Waals surface area contributed by atoms with Crippen LogP contribution in [0.2, 0.25) is 0 Å². The molecule has 2 aromatic carbocycles. The fraction of sp³-hybridized carbons (Fsp3) is 0.136. The van der Waals surface area contributed by atoms with E-state index in [4.69, 9.17) is 9.84 Å². The summed E-state index contributed by atoms with van der Waals surface area (Å²) >= 11 is 0. The summed E-state index contributed by atoms with van der Waals surface area (Å²) in [5.74, 6) is -0.849. The van der Waals surface area contributed by atoms with Crippen LogP contribution in [0, 0.1) is 0 Å². The Morgan fingerprint density at radius 1 is 1.06 bits per heavy atom. The highest BCUT2D eigenvalue weighted by molar-refractivity contribution is 6.07. The van der Waals surface area contributed by atoms with Crippen LogP contribution in [0.5, 0.6) is 5.75 Å². The lowest BCUT2D eigenvalue weighted by molar-refractivity contribution is -0.137. The van der Waals surface area contributed by atoms with E-state index < -0.39 is 23.6 Å². The van der Waals surface area contributed by atoms with Crippen molar-refractivity contribution in [3.8, 4) is 5.75 Å². The van der Waals surface area contributed by atoms with Crippen LogP contribution in [0.15, 0.2) is 60.8 Å². The van der Waals surface area contributed by atoms with Crippen molar-refractivity contribution in [2.45, 2.75) is 6.18 Å². The van der Waals surface area contributed by atoms with Gasteiger partial charge in [-0.2, -0.15) is 13.2 Å². The van der Waals surface area contributed by atoms with Crippen LogP contribution >= 0.6 is 0 Å². The number of rotatable bonds is 4. The molecular weight excluding hydrogens is 427 g/mol. The van der Waals surface area contributed by atoms with E-state index in [2.05, 4.69) is 10.3 Å². The molecule has 2 heterocycles. The number of hydrogen-bond acceptors (Lipinski definition) is 5. The lowest BCUT2D eigenvalue weighted by atomic mass is 10.1. The van der Waals surface area contributed by atoms with Crippen LogP contribution in [-0.2, 0) is 6.18 Å². The number of carbonyl (C=O) groups is 2. The van der Waals surface area contributed by atoms with Gasteiger partial charge in [-0.3, -0.25) is 4.79 Å². The zero-order valence-electron chi connectivity index (χ0n) is 16.4. The van der Waals surface area contributed by atoms with Gasteiger partial charge in [-0.05, 0) is 48.5 Å². The highest BCUT2D eigenvalue weighted by Crippen LogP contribution is 2.39. The zero-order chi connectivity index (χ0) is 22.9. The van der Waals surface area contributed by atoms with Crippen molar-refractivity contribution < 1.29 is 32.6 Å². The molecule has 10 heteroatoms. The molecule has 0 radical (unpaired) electrons. The Morgan fingerprint density at radius 2 is 1.81 bits per heavy atom. The van der Waals surface area contributed by atoms with Gasteiger partial charge in [0.2, 0.25) is 0 Å². The molecule has 164 valence electrons. The average molecular weight is 443 g/mol. The number of para-hydroxylation sites is 1. The summed E-state index contributed by atoms with van der Waals surface area (Å²) in [6.07, 6.45) is -3.22. The number of benzene rings is 2. The third-order valence-electron chi connectivity index (χ3n) is 4.83. The third-order valence-corrected chi connectivity index (χ3v) is 4.83. The number of hydrogen-bond donors (Lipinski definition) is 2. The molecule has 0 saturated heterocycles. The number of anilines is 3. The van der Waals surface area contributed by atoms with Gasteiger partial charge in [0.25, 0.3) is 5.91 Å².